The largest absolute Gasteiger partial charge is 0.485 e. The van der Waals surface area contributed by atoms with Crippen LogP contribution in [0.1, 0.15) is 16.7 Å². The van der Waals surface area contributed by atoms with E-state index in [0.29, 0.717) is 12.4 Å². The van der Waals surface area contributed by atoms with E-state index in [1.807, 2.05) is 60.7 Å². The Balaban J connectivity index is 1.84. The summed E-state index contributed by atoms with van der Waals surface area (Å²) >= 11 is 0. The third-order valence-electron chi connectivity index (χ3n) is 4.14. The zero-order chi connectivity index (χ0) is 20.5. The number of hydrogen-bond donors (Lipinski definition) is 0. The van der Waals surface area contributed by atoms with Gasteiger partial charge in [0.1, 0.15) is 19.0 Å². The minimum atomic E-state index is -0.569. The van der Waals surface area contributed by atoms with E-state index in [1.165, 1.54) is 25.3 Å². The van der Waals surface area contributed by atoms with Gasteiger partial charge in [-0.1, -0.05) is 60.7 Å². The number of ether oxygens (including phenoxy) is 3. The molecule has 0 aliphatic carbocycles. The van der Waals surface area contributed by atoms with Gasteiger partial charge in [-0.25, -0.2) is 9.18 Å². The summed E-state index contributed by atoms with van der Waals surface area (Å²) in [6, 6.07) is 22.0. The Labute approximate surface area is 169 Å². The average Bonchev–Trinajstić information content (AvgIpc) is 2.77. The van der Waals surface area contributed by atoms with Crippen molar-refractivity contribution < 1.29 is 23.4 Å². The number of halogens is 1. The molecule has 3 rings (SSSR count). The Morgan fingerprint density at radius 3 is 1.90 bits per heavy atom. The third-order valence-corrected chi connectivity index (χ3v) is 4.14. The van der Waals surface area contributed by atoms with Gasteiger partial charge in [0.2, 0.25) is 0 Å². The van der Waals surface area contributed by atoms with Gasteiger partial charge in [-0.05, 0) is 23.3 Å². The van der Waals surface area contributed by atoms with Gasteiger partial charge in [-0.2, -0.15) is 0 Å². The SMILES string of the molecule is COC(=O)/C=C/c1cc(OCc2ccccc2)c(OCc2ccccc2)cc1F. The lowest BCUT2D eigenvalue weighted by Crippen LogP contribution is -2.02. The molecule has 0 amide bonds. The van der Waals surface area contributed by atoms with Gasteiger partial charge in [-0.3, -0.25) is 0 Å². The first-order valence-corrected chi connectivity index (χ1v) is 9.08. The molecule has 3 aromatic rings. The second-order valence-corrected chi connectivity index (χ2v) is 6.23. The van der Waals surface area contributed by atoms with Crippen LogP contribution in [-0.4, -0.2) is 13.1 Å². The average molecular weight is 392 g/mol. The standard InChI is InChI=1S/C24H21FO4/c1-27-24(26)13-12-20-14-22(28-16-18-8-4-2-5-9-18)23(15-21(20)25)29-17-19-10-6-3-7-11-19/h2-15H,16-17H2,1H3/b13-12+. The molecule has 0 aliphatic heterocycles. The Morgan fingerprint density at radius 1 is 0.862 bits per heavy atom. The molecule has 4 nitrogen and oxygen atoms in total. The van der Waals surface area contributed by atoms with Crippen molar-refractivity contribution in [2.45, 2.75) is 13.2 Å². The molecular formula is C24H21FO4. The third kappa shape index (κ3) is 5.94. The van der Waals surface area contributed by atoms with E-state index in [1.54, 1.807) is 0 Å². The molecule has 0 atom stereocenters. The van der Waals surface area contributed by atoms with Crippen molar-refractivity contribution >= 4 is 12.0 Å². The number of esters is 1. The van der Waals surface area contributed by atoms with E-state index >= 15 is 0 Å². The fraction of sp³-hybridized carbons (Fsp3) is 0.125. The highest BCUT2D eigenvalue weighted by molar-refractivity contribution is 5.87. The van der Waals surface area contributed by atoms with Crippen molar-refractivity contribution in [3.63, 3.8) is 0 Å². The molecule has 148 valence electrons. The Hall–Kier alpha value is -3.60. The van der Waals surface area contributed by atoms with Gasteiger partial charge in [0.15, 0.2) is 11.5 Å². The maximum absolute atomic E-state index is 14.5. The van der Waals surface area contributed by atoms with Crippen LogP contribution in [0.4, 0.5) is 4.39 Å². The van der Waals surface area contributed by atoms with Crippen LogP contribution in [0.5, 0.6) is 11.5 Å². The van der Waals surface area contributed by atoms with E-state index in [2.05, 4.69) is 4.74 Å². The fourth-order valence-electron chi connectivity index (χ4n) is 2.60. The van der Waals surface area contributed by atoms with E-state index in [-0.39, 0.29) is 17.9 Å². The van der Waals surface area contributed by atoms with Gasteiger partial charge in [0, 0.05) is 17.7 Å². The smallest absolute Gasteiger partial charge is 0.330 e. The van der Waals surface area contributed by atoms with Crippen molar-refractivity contribution in [1.82, 2.24) is 0 Å². The number of carbonyl (C=O) groups is 1. The molecule has 0 bridgehead atoms. The summed E-state index contributed by atoms with van der Waals surface area (Å²) < 4.78 is 30.8. The molecule has 0 spiro atoms. The van der Waals surface area contributed by atoms with E-state index in [0.717, 1.165) is 17.2 Å². The summed E-state index contributed by atoms with van der Waals surface area (Å²) in [7, 11) is 1.26. The first-order chi connectivity index (χ1) is 14.2. The highest BCUT2D eigenvalue weighted by Gasteiger charge is 2.12. The van der Waals surface area contributed by atoms with E-state index in [4.69, 9.17) is 9.47 Å². The van der Waals surface area contributed by atoms with Crippen LogP contribution >= 0.6 is 0 Å². The maximum Gasteiger partial charge on any atom is 0.330 e. The summed E-state index contributed by atoms with van der Waals surface area (Å²) in [5.74, 6) is -0.422. The van der Waals surface area contributed by atoms with Crippen LogP contribution in [0.25, 0.3) is 6.08 Å². The predicted molar refractivity (Wildman–Crippen MR) is 109 cm³/mol. The molecular weight excluding hydrogens is 371 g/mol. The minimum Gasteiger partial charge on any atom is -0.485 e. The van der Waals surface area contributed by atoms with Gasteiger partial charge < -0.3 is 14.2 Å². The highest BCUT2D eigenvalue weighted by Crippen LogP contribution is 2.32. The predicted octanol–water partition coefficient (Wildman–Crippen LogP) is 5.17. The van der Waals surface area contributed by atoms with Crippen LogP contribution in [0.15, 0.2) is 78.9 Å². The normalized spacial score (nSPS) is 10.7. The number of rotatable bonds is 8. The van der Waals surface area contributed by atoms with Crippen LogP contribution in [0, 0.1) is 5.82 Å². The number of carbonyl (C=O) groups excluding carboxylic acids is 1. The number of methoxy groups -OCH3 is 1. The van der Waals surface area contributed by atoms with Gasteiger partial charge >= 0.3 is 5.97 Å². The molecule has 0 saturated carbocycles. The second-order valence-electron chi connectivity index (χ2n) is 6.23. The number of benzene rings is 3. The van der Waals surface area contributed by atoms with Crippen molar-refractivity contribution in [2.24, 2.45) is 0 Å². The van der Waals surface area contributed by atoms with Crippen molar-refractivity contribution in [3.05, 3.63) is 101 Å². The highest BCUT2D eigenvalue weighted by atomic mass is 19.1. The first kappa shape index (κ1) is 20.1. The lowest BCUT2D eigenvalue weighted by atomic mass is 10.1. The Morgan fingerprint density at radius 2 is 1.38 bits per heavy atom. The van der Waals surface area contributed by atoms with Crippen LogP contribution < -0.4 is 9.47 Å². The number of hydrogen-bond acceptors (Lipinski definition) is 4. The zero-order valence-corrected chi connectivity index (χ0v) is 16.0. The molecule has 0 saturated heterocycles. The zero-order valence-electron chi connectivity index (χ0n) is 16.0. The summed E-state index contributed by atoms with van der Waals surface area (Å²) in [5, 5.41) is 0. The van der Waals surface area contributed by atoms with Gasteiger partial charge in [0.05, 0.1) is 7.11 Å². The molecule has 5 heteroatoms. The molecule has 0 N–H and O–H groups in total. The minimum absolute atomic E-state index is 0.200. The van der Waals surface area contributed by atoms with Crippen molar-refractivity contribution in [3.8, 4) is 11.5 Å². The van der Waals surface area contributed by atoms with Crippen LogP contribution in [0.3, 0.4) is 0 Å². The van der Waals surface area contributed by atoms with Crippen LogP contribution in [0.2, 0.25) is 0 Å². The van der Waals surface area contributed by atoms with Gasteiger partial charge in [-0.15, -0.1) is 0 Å². The van der Waals surface area contributed by atoms with E-state index < -0.39 is 11.8 Å². The second kappa shape index (κ2) is 10.1. The van der Waals surface area contributed by atoms with Crippen molar-refractivity contribution in [2.75, 3.05) is 7.11 Å². The monoisotopic (exact) mass is 392 g/mol. The van der Waals surface area contributed by atoms with Gasteiger partial charge in [0.25, 0.3) is 0 Å². The quantitative estimate of drug-likeness (QED) is 0.392. The van der Waals surface area contributed by atoms with Crippen molar-refractivity contribution in [1.29, 1.82) is 0 Å². The topological polar surface area (TPSA) is 44.8 Å². The van der Waals surface area contributed by atoms with Crippen LogP contribution in [-0.2, 0) is 22.7 Å². The lowest BCUT2D eigenvalue weighted by Gasteiger charge is -2.14. The summed E-state index contributed by atoms with van der Waals surface area (Å²) in [4.78, 5) is 11.3. The summed E-state index contributed by atoms with van der Waals surface area (Å²) in [5.41, 5.74) is 2.12. The molecule has 0 aliphatic rings. The fourth-order valence-corrected chi connectivity index (χ4v) is 2.60. The molecule has 0 aromatic heterocycles. The van der Waals surface area contributed by atoms with E-state index in [9.17, 15) is 9.18 Å². The molecule has 0 unspecified atom stereocenters. The molecule has 3 aromatic carbocycles. The Kier molecular flexibility index (Phi) is 7.00. The molecule has 0 fully saturated rings. The maximum atomic E-state index is 14.5. The first-order valence-electron chi connectivity index (χ1n) is 9.08. The molecule has 29 heavy (non-hydrogen) atoms. The summed E-state index contributed by atoms with van der Waals surface area (Å²) in [6.07, 6.45) is 2.50. The molecule has 0 radical (unpaired) electrons. The lowest BCUT2D eigenvalue weighted by molar-refractivity contribution is -0.134. The Bertz CT molecular complexity index is 969. The molecule has 0 heterocycles. The summed E-state index contributed by atoms with van der Waals surface area (Å²) in [6.45, 7) is 0.577.